The molecule has 0 aromatic heterocycles. The highest BCUT2D eigenvalue weighted by atomic mass is 35.5. The van der Waals surface area contributed by atoms with E-state index < -0.39 is 6.36 Å². The van der Waals surface area contributed by atoms with Gasteiger partial charge in [0, 0.05) is 0 Å². The summed E-state index contributed by atoms with van der Waals surface area (Å²) in [6, 6.07) is 0. The van der Waals surface area contributed by atoms with E-state index in [1.807, 2.05) is 0 Å². The zero-order valence-electron chi connectivity index (χ0n) is 5.42. The van der Waals surface area contributed by atoms with Crippen molar-refractivity contribution in [2.75, 3.05) is 0 Å². The first-order valence-corrected chi connectivity index (χ1v) is 2.79. The van der Waals surface area contributed by atoms with Crippen molar-refractivity contribution < 1.29 is 17.9 Å². The monoisotopic (exact) mass is 174 g/mol. The van der Waals surface area contributed by atoms with Crippen molar-refractivity contribution in [2.45, 2.75) is 20.2 Å². The fourth-order valence-corrected chi connectivity index (χ4v) is 0.282. The Labute approximate surface area is 61.4 Å². The molecule has 0 saturated carbocycles. The van der Waals surface area contributed by atoms with Crippen LogP contribution in [0.15, 0.2) is 10.8 Å². The van der Waals surface area contributed by atoms with Gasteiger partial charge in [-0.05, 0) is 13.8 Å². The van der Waals surface area contributed by atoms with Crippen molar-refractivity contribution in [1.29, 1.82) is 0 Å². The van der Waals surface area contributed by atoms with Crippen molar-refractivity contribution in [1.82, 2.24) is 0 Å². The Kier molecular flexibility index (Phi) is 3.02. The molecule has 0 fully saturated rings. The second-order valence-corrected chi connectivity index (χ2v) is 2.20. The number of hydrogen-bond acceptors (Lipinski definition) is 1. The Balaban J connectivity index is 4.06. The van der Waals surface area contributed by atoms with Gasteiger partial charge < -0.3 is 4.74 Å². The van der Waals surface area contributed by atoms with Crippen LogP contribution in [-0.2, 0) is 4.74 Å². The summed E-state index contributed by atoms with van der Waals surface area (Å²) in [4.78, 5) is 0. The first-order valence-electron chi connectivity index (χ1n) is 2.41. The van der Waals surface area contributed by atoms with E-state index >= 15 is 0 Å². The second-order valence-electron chi connectivity index (χ2n) is 1.64. The Bertz CT molecular complexity index is 145. The Morgan fingerprint density at radius 1 is 1.30 bits per heavy atom. The van der Waals surface area contributed by atoms with Crippen molar-refractivity contribution >= 4 is 11.6 Å². The lowest BCUT2D eigenvalue weighted by molar-refractivity contribution is -0.305. The van der Waals surface area contributed by atoms with Gasteiger partial charge in [0.2, 0.25) is 0 Å². The SMILES string of the molecule is C/C(Cl)=C(\C)OC(F)(F)F. The standard InChI is InChI=1S/C5H6ClF3O/c1-3(6)4(2)10-5(7,8)9/h1-2H3/b4-3-. The molecule has 60 valence electrons. The van der Waals surface area contributed by atoms with Crippen LogP contribution in [0.2, 0.25) is 0 Å². The molecule has 0 saturated heterocycles. The molecule has 0 amide bonds. The van der Waals surface area contributed by atoms with Gasteiger partial charge in [-0.1, -0.05) is 11.6 Å². The lowest BCUT2D eigenvalue weighted by atomic mass is 10.5. The lowest BCUT2D eigenvalue weighted by Gasteiger charge is -2.08. The number of allylic oxidation sites excluding steroid dienone is 2. The number of ether oxygens (including phenoxy) is 1. The highest BCUT2D eigenvalue weighted by Crippen LogP contribution is 2.22. The minimum Gasteiger partial charge on any atom is -0.409 e. The van der Waals surface area contributed by atoms with E-state index in [0.717, 1.165) is 6.92 Å². The molecule has 0 atom stereocenters. The summed E-state index contributed by atoms with van der Waals surface area (Å²) in [5.41, 5.74) is 0. The lowest BCUT2D eigenvalue weighted by Crippen LogP contribution is -2.11. The molecule has 0 spiro atoms. The van der Waals surface area contributed by atoms with E-state index in [1.165, 1.54) is 6.92 Å². The number of halogens is 4. The van der Waals surface area contributed by atoms with Crippen LogP contribution >= 0.6 is 11.6 Å². The quantitative estimate of drug-likeness (QED) is 0.556. The maximum atomic E-state index is 11.4. The molecule has 0 aliphatic carbocycles. The fourth-order valence-electron chi connectivity index (χ4n) is 0.244. The molecule has 10 heavy (non-hydrogen) atoms. The molecule has 0 N–H and O–H groups in total. The molecule has 0 heterocycles. The smallest absolute Gasteiger partial charge is 0.409 e. The fraction of sp³-hybridized carbons (Fsp3) is 0.600. The predicted molar refractivity (Wildman–Crippen MR) is 31.4 cm³/mol. The molecule has 0 aliphatic rings. The van der Waals surface area contributed by atoms with E-state index in [-0.39, 0.29) is 10.8 Å². The zero-order chi connectivity index (χ0) is 8.36. The van der Waals surface area contributed by atoms with E-state index in [2.05, 4.69) is 4.74 Å². The summed E-state index contributed by atoms with van der Waals surface area (Å²) in [7, 11) is 0. The summed E-state index contributed by atoms with van der Waals surface area (Å²) in [5.74, 6) is -0.325. The molecule has 1 nitrogen and oxygen atoms in total. The van der Waals surface area contributed by atoms with E-state index in [0.29, 0.717) is 0 Å². The van der Waals surface area contributed by atoms with Crippen LogP contribution in [-0.4, -0.2) is 6.36 Å². The van der Waals surface area contributed by atoms with Crippen LogP contribution in [0.25, 0.3) is 0 Å². The minimum absolute atomic E-state index is 0.00248. The van der Waals surface area contributed by atoms with Crippen LogP contribution in [0.3, 0.4) is 0 Å². The topological polar surface area (TPSA) is 9.23 Å². The Hall–Kier alpha value is -0.380. The maximum absolute atomic E-state index is 11.4. The average molecular weight is 175 g/mol. The van der Waals surface area contributed by atoms with Gasteiger partial charge in [-0.25, -0.2) is 0 Å². The summed E-state index contributed by atoms with van der Waals surface area (Å²) < 4.78 is 37.5. The summed E-state index contributed by atoms with van der Waals surface area (Å²) in [6.45, 7) is 2.47. The van der Waals surface area contributed by atoms with Gasteiger partial charge in [-0.3, -0.25) is 0 Å². The van der Waals surface area contributed by atoms with Crippen molar-refractivity contribution in [3.05, 3.63) is 10.8 Å². The zero-order valence-corrected chi connectivity index (χ0v) is 6.18. The van der Waals surface area contributed by atoms with Crippen molar-refractivity contribution in [3.8, 4) is 0 Å². The van der Waals surface area contributed by atoms with Gasteiger partial charge in [-0.2, -0.15) is 0 Å². The number of rotatable bonds is 1. The molecule has 0 rings (SSSR count). The summed E-state index contributed by atoms with van der Waals surface area (Å²) >= 11 is 5.19. The summed E-state index contributed by atoms with van der Waals surface area (Å²) in [6.07, 6.45) is -4.64. The molecular weight excluding hydrogens is 169 g/mol. The van der Waals surface area contributed by atoms with E-state index in [4.69, 9.17) is 11.6 Å². The van der Waals surface area contributed by atoms with Crippen molar-refractivity contribution in [2.24, 2.45) is 0 Å². The van der Waals surface area contributed by atoms with Crippen LogP contribution in [0, 0.1) is 0 Å². The van der Waals surface area contributed by atoms with E-state index in [1.54, 1.807) is 0 Å². The van der Waals surface area contributed by atoms with Crippen LogP contribution in [0.5, 0.6) is 0 Å². The van der Waals surface area contributed by atoms with Crippen LogP contribution in [0.4, 0.5) is 13.2 Å². The highest BCUT2D eigenvalue weighted by molar-refractivity contribution is 6.29. The molecule has 5 heteroatoms. The molecule has 0 bridgehead atoms. The van der Waals surface area contributed by atoms with Gasteiger partial charge >= 0.3 is 6.36 Å². The van der Waals surface area contributed by atoms with Gasteiger partial charge in [0.1, 0.15) is 5.76 Å². The van der Waals surface area contributed by atoms with Gasteiger partial charge in [0.15, 0.2) is 0 Å². The average Bonchev–Trinajstić information content (AvgIpc) is 1.60. The maximum Gasteiger partial charge on any atom is 0.572 e. The molecule has 0 aromatic rings. The predicted octanol–water partition coefficient (Wildman–Crippen LogP) is 3.01. The highest BCUT2D eigenvalue weighted by Gasteiger charge is 2.31. The Morgan fingerprint density at radius 2 is 1.70 bits per heavy atom. The molecule has 0 radical (unpaired) electrons. The number of hydrogen-bond donors (Lipinski definition) is 0. The third-order valence-electron chi connectivity index (χ3n) is 0.754. The first-order chi connectivity index (χ1) is 4.33. The largest absolute Gasteiger partial charge is 0.572 e. The van der Waals surface area contributed by atoms with E-state index in [9.17, 15) is 13.2 Å². The molecular formula is C5H6ClF3O. The minimum atomic E-state index is -4.64. The Morgan fingerprint density at radius 3 is 1.80 bits per heavy atom. The van der Waals surface area contributed by atoms with Crippen LogP contribution in [0.1, 0.15) is 13.8 Å². The van der Waals surface area contributed by atoms with Gasteiger partial charge in [0.05, 0.1) is 5.03 Å². The van der Waals surface area contributed by atoms with Gasteiger partial charge in [0.25, 0.3) is 0 Å². The third kappa shape index (κ3) is 4.49. The normalized spacial score (nSPS) is 14.6. The first kappa shape index (κ1) is 9.62. The molecule has 0 aromatic carbocycles. The second kappa shape index (κ2) is 3.14. The number of alkyl halides is 3. The molecule has 0 aliphatic heterocycles. The summed E-state index contributed by atoms with van der Waals surface area (Å²) in [5, 5.41) is -0.00248. The van der Waals surface area contributed by atoms with Crippen LogP contribution < -0.4 is 0 Å². The van der Waals surface area contributed by atoms with Gasteiger partial charge in [-0.15, -0.1) is 13.2 Å². The molecule has 0 unspecified atom stereocenters. The third-order valence-corrected chi connectivity index (χ3v) is 1.02. The van der Waals surface area contributed by atoms with Crippen molar-refractivity contribution in [3.63, 3.8) is 0 Å².